The van der Waals surface area contributed by atoms with E-state index in [0.717, 1.165) is 26.2 Å². The highest BCUT2D eigenvalue weighted by atomic mass is 16.5. The van der Waals surface area contributed by atoms with Crippen LogP contribution in [0.3, 0.4) is 0 Å². The molecule has 0 aromatic heterocycles. The van der Waals surface area contributed by atoms with E-state index >= 15 is 0 Å². The Morgan fingerprint density at radius 2 is 2.22 bits per heavy atom. The van der Waals surface area contributed by atoms with Crippen molar-refractivity contribution in [2.75, 3.05) is 46.4 Å². The third kappa shape index (κ3) is 4.19. The lowest BCUT2D eigenvalue weighted by molar-refractivity contribution is -0.0405. The van der Waals surface area contributed by atoms with Crippen LogP contribution in [0.2, 0.25) is 0 Å². The molecule has 0 radical (unpaired) electrons. The summed E-state index contributed by atoms with van der Waals surface area (Å²) in [6.07, 6.45) is 3.04. The molecule has 2 fully saturated rings. The molecule has 18 heavy (non-hydrogen) atoms. The monoisotopic (exact) mass is 255 g/mol. The summed E-state index contributed by atoms with van der Waals surface area (Å²) in [4.78, 5) is 4.95. The van der Waals surface area contributed by atoms with Crippen molar-refractivity contribution in [3.05, 3.63) is 0 Å². The van der Waals surface area contributed by atoms with Crippen molar-refractivity contribution >= 4 is 0 Å². The lowest BCUT2D eigenvalue weighted by Crippen LogP contribution is -2.50. The number of rotatable bonds is 5. The quantitative estimate of drug-likeness (QED) is 0.786. The maximum absolute atomic E-state index is 5.89. The molecule has 2 atom stereocenters. The van der Waals surface area contributed by atoms with Crippen LogP contribution in [0.15, 0.2) is 0 Å². The number of hydrogen-bond donors (Lipinski definition) is 1. The molecule has 106 valence electrons. The summed E-state index contributed by atoms with van der Waals surface area (Å²) in [6.45, 7) is 11.0. The number of ether oxygens (including phenoxy) is 1. The van der Waals surface area contributed by atoms with E-state index < -0.39 is 0 Å². The summed E-state index contributed by atoms with van der Waals surface area (Å²) in [6, 6.07) is 1.29. The van der Waals surface area contributed by atoms with E-state index in [1.807, 2.05) is 0 Å². The molecule has 0 aliphatic carbocycles. The van der Waals surface area contributed by atoms with Crippen molar-refractivity contribution < 1.29 is 4.74 Å². The Kier molecular flexibility index (Phi) is 5.42. The zero-order chi connectivity index (χ0) is 13.0. The van der Waals surface area contributed by atoms with E-state index in [-0.39, 0.29) is 0 Å². The van der Waals surface area contributed by atoms with Gasteiger partial charge in [-0.05, 0) is 40.3 Å². The van der Waals surface area contributed by atoms with E-state index in [4.69, 9.17) is 4.74 Å². The topological polar surface area (TPSA) is 27.7 Å². The molecule has 2 saturated heterocycles. The standard InChI is InChI=1S/C14H29N3O/c1-12(2)17(9-13-5-4-6-15-13)11-14-10-16(3)7-8-18-14/h12-15H,4-11H2,1-3H3. The molecule has 0 aromatic rings. The second kappa shape index (κ2) is 6.85. The van der Waals surface area contributed by atoms with Gasteiger partial charge in [0.25, 0.3) is 0 Å². The van der Waals surface area contributed by atoms with E-state index in [9.17, 15) is 0 Å². The van der Waals surface area contributed by atoms with Crippen molar-refractivity contribution in [1.82, 2.24) is 15.1 Å². The fraction of sp³-hybridized carbons (Fsp3) is 1.00. The predicted molar refractivity (Wildman–Crippen MR) is 75.0 cm³/mol. The van der Waals surface area contributed by atoms with E-state index in [1.165, 1.54) is 25.9 Å². The molecule has 2 aliphatic heterocycles. The van der Waals surface area contributed by atoms with Crippen molar-refractivity contribution in [2.24, 2.45) is 0 Å². The molecular weight excluding hydrogens is 226 g/mol. The highest BCUT2D eigenvalue weighted by Crippen LogP contribution is 2.12. The largest absolute Gasteiger partial charge is 0.374 e. The highest BCUT2D eigenvalue weighted by molar-refractivity contribution is 4.82. The Balaban J connectivity index is 1.81. The number of morpholine rings is 1. The summed E-state index contributed by atoms with van der Waals surface area (Å²) in [7, 11) is 2.19. The molecule has 1 N–H and O–H groups in total. The van der Waals surface area contributed by atoms with Crippen LogP contribution in [0.25, 0.3) is 0 Å². The summed E-state index contributed by atoms with van der Waals surface area (Å²) in [5, 5.41) is 3.60. The van der Waals surface area contributed by atoms with Gasteiger partial charge in [0.1, 0.15) is 0 Å². The van der Waals surface area contributed by atoms with Gasteiger partial charge in [-0.25, -0.2) is 0 Å². The summed E-state index contributed by atoms with van der Waals surface area (Å²) in [5.41, 5.74) is 0. The lowest BCUT2D eigenvalue weighted by Gasteiger charge is -2.36. The minimum atomic E-state index is 0.382. The molecule has 0 saturated carbocycles. The zero-order valence-electron chi connectivity index (χ0n) is 12.2. The molecule has 2 rings (SSSR count). The second-order valence-electron chi connectivity index (χ2n) is 6.10. The van der Waals surface area contributed by atoms with Crippen LogP contribution in [-0.2, 0) is 4.74 Å². The average Bonchev–Trinajstić information content (AvgIpc) is 2.81. The van der Waals surface area contributed by atoms with Gasteiger partial charge in [-0.3, -0.25) is 4.90 Å². The van der Waals surface area contributed by atoms with Gasteiger partial charge in [0.2, 0.25) is 0 Å². The fourth-order valence-corrected chi connectivity index (χ4v) is 2.93. The summed E-state index contributed by atoms with van der Waals surface area (Å²) in [5.74, 6) is 0. The van der Waals surface area contributed by atoms with Gasteiger partial charge in [0.15, 0.2) is 0 Å². The first-order valence-electron chi connectivity index (χ1n) is 7.42. The maximum Gasteiger partial charge on any atom is 0.0829 e. The number of likely N-dealkylation sites (N-methyl/N-ethyl adjacent to an activating group) is 1. The first-order valence-corrected chi connectivity index (χ1v) is 7.42. The van der Waals surface area contributed by atoms with Crippen LogP contribution in [0.1, 0.15) is 26.7 Å². The third-order valence-corrected chi connectivity index (χ3v) is 4.13. The first kappa shape index (κ1) is 14.3. The minimum absolute atomic E-state index is 0.382. The van der Waals surface area contributed by atoms with Gasteiger partial charge >= 0.3 is 0 Å². The average molecular weight is 255 g/mol. The Morgan fingerprint density at radius 1 is 1.39 bits per heavy atom. The predicted octanol–water partition coefficient (Wildman–Crippen LogP) is 0.779. The lowest BCUT2D eigenvalue weighted by atomic mass is 10.1. The molecule has 2 heterocycles. The van der Waals surface area contributed by atoms with Gasteiger partial charge in [-0.15, -0.1) is 0 Å². The molecule has 0 spiro atoms. The van der Waals surface area contributed by atoms with Crippen molar-refractivity contribution in [3.63, 3.8) is 0 Å². The molecule has 0 bridgehead atoms. The Labute approximate surface area is 112 Å². The van der Waals surface area contributed by atoms with Gasteiger partial charge < -0.3 is 15.0 Å². The molecule has 4 heteroatoms. The maximum atomic E-state index is 5.89. The Bertz CT molecular complexity index is 241. The van der Waals surface area contributed by atoms with E-state index in [0.29, 0.717) is 18.2 Å². The Morgan fingerprint density at radius 3 is 2.83 bits per heavy atom. The Hall–Kier alpha value is -0.160. The van der Waals surface area contributed by atoms with E-state index in [1.54, 1.807) is 0 Å². The molecule has 2 unspecified atom stereocenters. The van der Waals surface area contributed by atoms with Crippen LogP contribution in [-0.4, -0.2) is 74.4 Å². The third-order valence-electron chi connectivity index (χ3n) is 4.13. The normalized spacial score (nSPS) is 30.5. The van der Waals surface area contributed by atoms with Crippen LogP contribution in [0.5, 0.6) is 0 Å². The number of nitrogens with one attached hydrogen (secondary N) is 1. The smallest absolute Gasteiger partial charge is 0.0829 e. The van der Waals surface area contributed by atoms with Crippen molar-refractivity contribution in [2.45, 2.75) is 44.9 Å². The van der Waals surface area contributed by atoms with Crippen molar-refractivity contribution in [3.8, 4) is 0 Å². The molecular formula is C14H29N3O. The highest BCUT2D eigenvalue weighted by Gasteiger charge is 2.25. The van der Waals surface area contributed by atoms with Crippen LogP contribution < -0.4 is 5.32 Å². The van der Waals surface area contributed by atoms with Crippen LogP contribution in [0.4, 0.5) is 0 Å². The minimum Gasteiger partial charge on any atom is -0.374 e. The van der Waals surface area contributed by atoms with Gasteiger partial charge in [-0.2, -0.15) is 0 Å². The summed E-state index contributed by atoms with van der Waals surface area (Å²) < 4.78 is 5.89. The first-order chi connectivity index (χ1) is 8.65. The van der Waals surface area contributed by atoms with E-state index in [2.05, 4.69) is 36.0 Å². The molecule has 0 amide bonds. The fourth-order valence-electron chi connectivity index (χ4n) is 2.93. The SMILES string of the molecule is CC(C)N(CC1CCCN1)CC1CN(C)CCO1. The van der Waals surface area contributed by atoms with Crippen LogP contribution >= 0.6 is 0 Å². The molecule has 2 aliphatic rings. The van der Waals surface area contributed by atoms with Gasteiger partial charge in [0, 0.05) is 38.3 Å². The van der Waals surface area contributed by atoms with Crippen LogP contribution in [0, 0.1) is 0 Å². The number of nitrogens with zero attached hydrogens (tertiary/aromatic N) is 2. The number of hydrogen-bond acceptors (Lipinski definition) is 4. The second-order valence-corrected chi connectivity index (χ2v) is 6.10. The van der Waals surface area contributed by atoms with Crippen molar-refractivity contribution in [1.29, 1.82) is 0 Å². The molecule has 4 nitrogen and oxygen atoms in total. The zero-order valence-corrected chi connectivity index (χ0v) is 12.2. The molecule has 0 aromatic carbocycles. The summed E-state index contributed by atoms with van der Waals surface area (Å²) >= 11 is 0. The van der Waals surface area contributed by atoms with Gasteiger partial charge in [0.05, 0.1) is 12.7 Å². The van der Waals surface area contributed by atoms with Gasteiger partial charge in [-0.1, -0.05) is 0 Å².